The van der Waals surface area contributed by atoms with Crippen molar-refractivity contribution in [2.24, 2.45) is 10.8 Å². The van der Waals surface area contributed by atoms with Crippen molar-refractivity contribution in [2.45, 2.75) is 52.2 Å². The van der Waals surface area contributed by atoms with Gasteiger partial charge in [0.15, 0.2) is 0 Å². The summed E-state index contributed by atoms with van der Waals surface area (Å²) in [5, 5.41) is -0.804. The lowest BCUT2D eigenvalue weighted by Crippen LogP contribution is -2.39. The van der Waals surface area contributed by atoms with E-state index in [1.165, 1.54) is 0 Å². The molecule has 0 aromatic carbocycles. The molecule has 4 heteroatoms. The van der Waals surface area contributed by atoms with E-state index in [0.717, 1.165) is 6.42 Å². The second-order valence-electron chi connectivity index (χ2n) is 6.01. The fraction of sp³-hybridized carbons (Fsp3) is 1.00. The van der Waals surface area contributed by atoms with Gasteiger partial charge in [-0.1, -0.05) is 27.7 Å². The fourth-order valence-electron chi connectivity index (χ4n) is 2.94. The summed E-state index contributed by atoms with van der Waals surface area (Å²) in [7, 11) is -4.37. The average Bonchev–Trinajstić information content (AvgIpc) is 1.76. The van der Waals surface area contributed by atoms with Crippen LogP contribution in [0.3, 0.4) is 0 Å². The molecule has 0 aromatic heterocycles. The highest BCUT2D eigenvalue weighted by Gasteiger charge is 2.43. The first-order valence-electron chi connectivity index (χ1n) is 4.95. The van der Waals surface area contributed by atoms with Crippen molar-refractivity contribution in [1.82, 2.24) is 0 Å². The first-order chi connectivity index (χ1) is 6.02. The lowest BCUT2D eigenvalue weighted by molar-refractivity contribution is 0.117. The van der Waals surface area contributed by atoms with Gasteiger partial charge < -0.3 is 0 Å². The molecule has 1 fully saturated rings. The summed E-state index contributed by atoms with van der Waals surface area (Å²) in [6.45, 7) is 8.02. The molecule has 1 rings (SSSR count). The van der Waals surface area contributed by atoms with E-state index in [9.17, 15) is 12.3 Å². The zero-order valence-electron chi connectivity index (χ0n) is 9.30. The number of halogens is 1. The number of hydrogen-bond donors (Lipinski definition) is 0. The van der Waals surface area contributed by atoms with Crippen molar-refractivity contribution in [1.29, 1.82) is 0 Å². The fourth-order valence-corrected chi connectivity index (χ4v) is 4.24. The van der Waals surface area contributed by atoms with Gasteiger partial charge in [-0.15, -0.1) is 3.89 Å². The van der Waals surface area contributed by atoms with E-state index in [1.54, 1.807) is 0 Å². The molecule has 0 saturated heterocycles. The summed E-state index contributed by atoms with van der Waals surface area (Å²) in [6, 6.07) is 0. The van der Waals surface area contributed by atoms with Gasteiger partial charge in [0, 0.05) is 0 Å². The van der Waals surface area contributed by atoms with Crippen LogP contribution in [-0.4, -0.2) is 13.7 Å². The van der Waals surface area contributed by atoms with Gasteiger partial charge in [0.2, 0.25) is 0 Å². The molecule has 1 aliphatic rings. The van der Waals surface area contributed by atoms with Crippen LogP contribution in [-0.2, 0) is 10.2 Å². The average molecular weight is 222 g/mol. The van der Waals surface area contributed by atoms with E-state index in [-0.39, 0.29) is 10.8 Å². The van der Waals surface area contributed by atoms with E-state index in [2.05, 4.69) is 0 Å². The Morgan fingerprint density at radius 1 is 1.07 bits per heavy atom. The summed E-state index contributed by atoms with van der Waals surface area (Å²) in [5.74, 6) is 0. The lowest BCUT2D eigenvalue weighted by Gasteiger charge is -2.43. The van der Waals surface area contributed by atoms with Gasteiger partial charge in [-0.25, -0.2) is 0 Å². The van der Waals surface area contributed by atoms with E-state index in [1.807, 2.05) is 27.7 Å². The van der Waals surface area contributed by atoms with Crippen LogP contribution in [0.4, 0.5) is 3.89 Å². The minimum Gasteiger partial charge on any atom is -0.195 e. The highest BCUT2D eigenvalue weighted by atomic mass is 32.3. The minimum atomic E-state index is -4.37. The normalized spacial score (nSPS) is 27.5. The van der Waals surface area contributed by atoms with Crippen LogP contribution < -0.4 is 0 Å². The van der Waals surface area contributed by atoms with Crippen LogP contribution in [0.15, 0.2) is 0 Å². The molecular weight excluding hydrogens is 203 g/mol. The molecule has 0 unspecified atom stereocenters. The maximum atomic E-state index is 12.9. The molecule has 0 amide bonds. The zero-order chi connectivity index (χ0) is 11.2. The smallest absolute Gasteiger partial charge is 0.195 e. The number of hydrogen-bond acceptors (Lipinski definition) is 2. The Morgan fingerprint density at radius 2 is 1.43 bits per heavy atom. The Kier molecular flexibility index (Phi) is 2.72. The van der Waals surface area contributed by atoms with Crippen LogP contribution in [0.5, 0.6) is 0 Å². The first kappa shape index (κ1) is 12.0. The standard InChI is InChI=1S/C10H19FO2S/c1-9(2)5-8(14(11,12)13)6-10(3,4)7-9/h8H,5-7H2,1-4H3. The maximum Gasteiger partial charge on any atom is 0.305 e. The van der Waals surface area contributed by atoms with E-state index >= 15 is 0 Å². The van der Waals surface area contributed by atoms with Crippen LogP contribution in [0, 0.1) is 10.8 Å². The summed E-state index contributed by atoms with van der Waals surface area (Å²) in [5.41, 5.74) is -0.156. The van der Waals surface area contributed by atoms with Crippen molar-refractivity contribution < 1.29 is 12.3 Å². The summed E-state index contributed by atoms with van der Waals surface area (Å²) >= 11 is 0. The molecule has 0 bridgehead atoms. The van der Waals surface area contributed by atoms with Gasteiger partial charge in [0.05, 0.1) is 5.25 Å². The van der Waals surface area contributed by atoms with Gasteiger partial charge in [-0.2, -0.15) is 8.42 Å². The molecule has 2 nitrogen and oxygen atoms in total. The van der Waals surface area contributed by atoms with E-state index in [0.29, 0.717) is 12.8 Å². The molecule has 0 atom stereocenters. The summed E-state index contributed by atoms with van der Waals surface area (Å²) in [4.78, 5) is 0. The molecule has 1 saturated carbocycles. The van der Waals surface area contributed by atoms with Crippen LogP contribution >= 0.6 is 0 Å². The molecule has 0 aromatic rings. The third-order valence-corrected chi connectivity index (χ3v) is 4.05. The third-order valence-electron chi connectivity index (χ3n) is 2.92. The Balaban J connectivity index is 2.93. The van der Waals surface area contributed by atoms with Gasteiger partial charge in [0.25, 0.3) is 0 Å². The largest absolute Gasteiger partial charge is 0.305 e. The van der Waals surface area contributed by atoms with Gasteiger partial charge >= 0.3 is 10.2 Å². The molecule has 0 heterocycles. The predicted octanol–water partition coefficient (Wildman–Crippen LogP) is 2.89. The molecule has 14 heavy (non-hydrogen) atoms. The lowest BCUT2D eigenvalue weighted by atomic mass is 9.65. The highest BCUT2D eigenvalue weighted by molar-refractivity contribution is 7.87. The SMILES string of the molecule is CC1(C)CC(S(=O)(=O)F)CC(C)(C)C1. The van der Waals surface area contributed by atoms with Crippen LogP contribution in [0.2, 0.25) is 0 Å². The molecule has 1 aliphatic carbocycles. The maximum absolute atomic E-state index is 12.9. The first-order valence-corrected chi connectivity index (χ1v) is 6.40. The summed E-state index contributed by atoms with van der Waals surface area (Å²) in [6.07, 6.45) is 1.83. The van der Waals surface area contributed by atoms with Crippen LogP contribution in [0.25, 0.3) is 0 Å². The third kappa shape index (κ3) is 2.94. The second-order valence-corrected chi connectivity index (χ2v) is 7.63. The van der Waals surface area contributed by atoms with Gasteiger partial charge in [0.1, 0.15) is 0 Å². The molecule has 0 radical (unpaired) electrons. The van der Waals surface area contributed by atoms with E-state index < -0.39 is 15.5 Å². The topological polar surface area (TPSA) is 34.1 Å². The van der Waals surface area contributed by atoms with Gasteiger partial charge in [-0.3, -0.25) is 0 Å². The molecule has 0 aliphatic heterocycles. The van der Waals surface area contributed by atoms with Gasteiger partial charge in [-0.05, 0) is 30.1 Å². The Hall–Kier alpha value is -0.120. The van der Waals surface area contributed by atoms with Crippen molar-refractivity contribution in [2.75, 3.05) is 0 Å². The Morgan fingerprint density at radius 3 is 1.71 bits per heavy atom. The highest BCUT2D eigenvalue weighted by Crippen LogP contribution is 2.47. The molecule has 0 spiro atoms. The molecule has 84 valence electrons. The quantitative estimate of drug-likeness (QED) is 0.639. The molecular formula is C10H19FO2S. The van der Waals surface area contributed by atoms with Crippen LogP contribution in [0.1, 0.15) is 47.0 Å². The summed E-state index contributed by atoms with van der Waals surface area (Å²) < 4.78 is 34.7. The number of rotatable bonds is 1. The Bertz CT molecular complexity index is 301. The van der Waals surface area contributed by atoms with Crippen molar-refractivity contribution in [3.8, 4) is 0 Å². The van der Waals surface area contributed by atoms with Crippen molar-refractivity contribution in [3.63, 3.8) is 0 Å². The van der Waals surface area contributed by atoms with Crippen molar-refractivity contribution in [3.05, 3.63) is 0 Å². The van der Waals surface area contributed by atoms with Crippen molar-refractivity contribution >= 4 is 10.2 Å². The minimum absolute atomic E-state index is 0.0778. The molecule has 0 N–H and O–H groups in total. The second kappa shape index (κ2) is 3.19. The zero-order valence-corrected chi connectivity index (χ0v) is 10.1. The van der Waals surface area contributed by atoms with E-state index in [4.69, 9.17) is 0 Å². The Labute approximate surface area is 86.1 Å². The monoisotopic (exact) mass is 222 g/mol. The predicted molar refractivity (Wildman–Crippen MR) is 55.2 cm³/mol.